The number of amidine groups is 1. The summed E-state index contributed by atoms with van der Waals surface area (Å²) < 4.78 is 5.27. The van der Waals surface area contributed by atoms with Crippen LogP contribution in [-0.2, 0) is 10.2 Å². The predicted molar refractivity (Wildman–Crippen MR) is 103 cm³/mol. The molecule has 0 bridgehead atoms. The number of hydrogen-bond donors (Lipinski definition) is 3. The van der Waals surface area contributed by atoms with Crippen molar-refractivity contribution in [3.8, 4) is 0 Å². The van der Waals surface area contributed by atoms with E-state index in [4.69, 9.17) is 10.1 Å². The molecule has 0 aliphatic heterocycles. The molecule has 1 rings (SSSR count). The summed E-state index contributed by atoms with van der Waals surface area (Å²) in [5.74, 6) is 0.868. The summed E-state index contributed by atoms with van der Waals surface area (Å²) in [6.07, 6.45) is -0.404. The van der Waals surface area contributed by atoms with Gasteiger partial charge in [-0.3, -0.25) is 5.41 Å². The van der Waals surface area contributed by atoms with Crippen molar-refractivity contribution in [3.63, 3.8) is 0 Å². The van der Waals surface area contributed by atoms with E-state index in [2.05, 4.69) is 24.5 Å². The Morgan fingerprint density at radius 1 is 1.17 bits per heavy atom. The van der Waals surface area contributed by atoms with Crippen molar-refractivity contribution in [1.82, 2.24) is 5.32 Å². The van der Waals surface area contributed by atoms with E-state index < -0.39 is 11.7 Å². The normalized spacial score (nSPS) is 11.8. The summed E-state index contributed by atoms with van der Waals surface area (Å²) in [6, 6.07) is 7.94. The molecule has 0 aromatic heterocycles. The number of hydrogen-bond acceptors (Lipinski definition) is 4. The molecule has 0 fully saturated rings. The van der Waals surface area contributed by atoms with E-state index in [0.717, 1.165) is 17.0 Å². The summed E-state index contributed by atoms with van der Waals surface area (Å²) in [5.41, 5.74) is 1.28. The van der Waals surface area contributed by atoms with E-state index >= 15 is 0 Å². The van der Waals surface area contributed by atoms with E-state index in [9.17, 15) is 4.79 Å². The quantitative estimate of drug-likeness (QED) is 0.536. The number of rotatable bonds is 5. The Labute approximate surface area is 149 Å². The number of carbonyl (C=O) groups is 1. The van der Waals surface area contributed by atoms with Crippen LogP contribution in [0.2, 0.25) is 0 Å². The summed E-state index contributed by atoms with van der Waals surface area (Å²) >= 11 is 1.46. The molecule has 1 amide bonds. The van der Waals surface area contributed by atoms with E-state index in [1.54, 1.807) is 0 Å². The second kappa shape index (κ2) is 8.42. The van der Waals surface area contributed by atoms with Gasteiger partial charge in [-0.05, 0) is 44.2 Å². The molecule has 0 unspecified atom stereocenters. The standard InChI is InChI=1S/C18H29N3O2S/c1-7-24-15(19)21-14-10-8-13(9-11-14)18(5,6)12-20-16(22)23-17(2,3)4/h8-11H,7,12H2,1-6H3,(H2,19,21)(H,20,22). The third-order valence-electron chi connectivity index (χ3n) is 3.29. The Balaban J connectivity index is 2.63. The molecule has 0 saturated heterocycles. The molecule has 1 aromatic carbocycles. The van der Waals surface area contributed by atoms with Crippen molar-refractivity contribution < 1.29 is 9.53 Å². The van der Waals surface area contributed by atoms with Gasteiger partial charge >= 0.3 is 6.09 Å². The van der Waals surface area contributed by atoms with E-state index in [-0.39, 0.29) is 5.41 Å². The van der Waals surface area contributed by atoms with Gasteiger partial charge in [0.25, 0.3) is 0 Å². The highest BCUT2D eigenvalue weighted by atomic mass is 32.2. The van der Waals surface area contributed by atoms with Gasteiger partial charge in [-0.2, -0.15) is 0 Å². The van der Waals surface area contributed by atoms with Crippen molar-refractivity contribution in [2.24, 2.45) is 0 Å². The van der Waals surface area contributed by atoms with Crippen molar-refractivity contribution in [1.29, 1.82) is 5.41 Å². The van der Waals surface area contributed by atoms with Crippen LogP contribution in [0.3, 0.4) is 0 Å². The first-order valence-electron chi connectivity index (χ1n) is 8.09. The van der Waals surface area contributed by atoms with Crippen molar-refractivity contribution >= 4 is 28.7 Å². The Morgan fingerprint density at radius 2 is 1.75 bits per heavy atom. The van der Waals surface area contributed by atoms with E-state index in [1.807, 2.05) is 52.0 Å². The second-order valence-electron chi connectivity index (χ2n) is 7.20. The smallest absolute Gasteiger partial charge is 0.407 e. The van der Waals surface area contributed by atoms with Crippen molar-refractivity contribution in [2.75, 3.05) is 17.6 Å². The lowest BCUT2D eigenvalue weighted by molar-refractivity contribution is 0.0517. The van der Waals surface area contributed by atoms with Crippen LogP contribution in [0.4, 0.5) is 10.5 Å². The Morgan fingerprint density at radius 3 is 2.25 bits per heavy atom. The van der Waals surface area contributed by atoms with Gasteiger partial charge in [0.15, 0.2) is 5.17 Å². The lowest BCUT2D eigenvalue weighted by Crippen LogP contribution is -2.39. The first-order chi connectivity index (χ1) is 11.0. The highest BCUT2D eigenvalue weighted by molar-refractivity contribution is 8.14. The molecule has 0 aliphatic rings. The second-order valence-corrected chi connectivity index (χ2v) is 8.48. The maximum atomic E-state index is 11.8. The molecule has 0 spiro atoms. The molecule has 3 N–H and O–H groups in total. The molecule has 0 atom stereocenters. The minimum Gasteiger partial charge on any atom is -0.444 e. The highest BCUT2D eigenvalue weighted by Gasteiger charge is 2.23. The fourth-order valence-corrected chi connectivity index (χ4v) is 2.50. The van der Waals surface area contributed by atoms with Gasteiger partial charge in [0.05, 0.1) is 0 Å². The largest absolute Gasteiger partial charge is 0.444 e. The fraction of sp³-hybridized carbons (Fsp3) is 0.556. The molecule has 1 aromatic rings. The molecule has 134 valence electrons. The molecular formula is C18H29N3O2S. The van der Waals surface area contributed by atoms with Crippen molar-refractivity contribution in [3.05, 3.63) is 29.8 Å². The van der Waals surface area contributed by atoms with Crippen LogP contribution >= 0.6 is 11.8 Å². The van der Waals surface area contributed by atoms with Crippen LogP contribution in [0, 0.1) is 5.41 Å². The molecule has 0 saturated carbocycles. The minimum absolute atomic E-state index is 0.221. The van der Waals surface area contributed by atoms with Gasteiger partial charge in [0.1, 0.15) is 5.60 Å². The zero-order valence-electron chi connectivity index (χ0n) is 15.4. The third kappa shape index (κ3) is 7.25. The predicted octanol–water partition coefficient (Wildman–Crippen LogP) is 4.59. The average molecular weight is 352 g/mol. The van der Waals surface area contributed by atoms with Crippen LogP contribution in [0.15, 0.2) is 24.3 Å². The fourth-order valence-electron chi connectivity index (χ4n) is 2.03. The van der Waals surface area contributed by atoms with Gasteiger partial charge in [-0.1, -0.05) is 44.7 Å². The topological polar surface area (TPSA) is 74.2 Å². The average Bonchev–Trinajstić information content (AvgIpc) is 2.44. The summed E-state index contributed by atoms with van der Waals surface area (Å²) in [7, 11) is 0. The lowest BCUT2D eigenvalue weighted by Gasteiger charge is -2.27. The van der Waals surface area contributed by atoms with Crippen LogP contribution in [0.1, 0.15) is 47.1 Å². The van der Waals surface area contributed by atoms with Gasteiger partial charge < -0.3 is 15.4 Å². The Hall–Kier alpha value is -1.69. The number of ether oxygens (including phenoxy) is 1. The first-order valence-corrected chi connectivity index (χ1v) is 9.08. The number of thioether (sulfide) groups is 1. The molecule has 6 heteroatoms. The molecule has 0 radical (unpaired) electrons. The number of alkyl carbamates (subject to hydrolysis) is 1. The molecule has 5 nitrogen and oxygen atoms in total. The number of anilines is 1. The zero-order valence-corrected chi connectivity index (χ0v) is 16.3. The Bertz CT molecular complexity index is 563. The highest BCUT2D eigenvalue weighted by Crippen LogP contribution is 2.24. The van der Waals surface area contributed by atoms with Gasteiger partial charge in [0, 0.05) is 17.6 Å². The minimum atomic E-state index is -0.498. The molecular weight excluding hydrogens is 322 g/mol. The van der Waals surface area contributed by atoms with Gasteiger partial charge in [-0.15, -0.1) is 0 Å². The number of benzene rings is 1. The van der Waals surface area contributed by atoms with Gasteiger partial charge in [-0.25, -0.2) is 4.79 Å². The number of carbonyl (C=O) groups excluding carboxylic acids is 1. The van der Waals surface area contributed by atoms with Crippen LogP contribution < -0.4 is 10.6 Å². The monoisotopic (exact) mass is 351 g/mol. The summed E-state index contributed by atoms with van der Waals surface area (Å²) in [4.78, 5) is 11.8. The van der Waals surface area contributed by atoms with Crippen molar-refractivity contribution in [2.45, 2.75) is 52.6 Å². The Kier molecular flexibility index (Phi) is 7.14. The lowest BCUT2D eigenvalue weighted by atomic mass is 9.84. The van der Waals surface area contributed by atoms with E-state index in [0.29, 0.717) is 11.7 Å². The van der Waals surface area contributed by atoms with Crippen LogP contribution in [0.5, 0.6) is 0 Å². The first kappa shape index (κ1) is 20.4. The maximum Gasteiger partial charge on any atom is 0.407 e. The molecule has 0 aliphatic carbocycles. The van der Waals surface area contributed by atoms with Crippen LogP contribution in [0.25, 0.3) is 0 Å². The van der Waals surface area contributed by atoms with E-state index in [1.165, 1.54) is 11.8 Å². The maximum absolute atomic E-state index is 11.8. The number of nitrogens with one attached hydrogen (secondary N) is 3. The SMILES string of the molecule is CCSC(=N)Nc1ccc(C(C)(C)CNC(=O)OC(C)(C)C)cc1. The van der Waals surface area contributed by atoms with Crippen LogP contribution in [-0.4, -0.2) is 29.2 Å². The summed E-state index contributed by atoms with van der Waals surface area (Å²) in [5, 5.41) is 14.1. The molecule has 24 heavy (non-hydrogen) atoms. The van der Waals surface area contributed by atoms with Gasteiger partial charge in [0.2, 0.25) is 0 Å². The molecule has 0 heterocycles. The third-order valence-corrected chi connectivity index (χ3v) is 3.97. The summed E-state index contributed by atoms with van der Waals surface area (Å²) in [6.45, 7) is 12.2. The zero-order chi connectivity index (χ0) is 18.4. The number of amides is 1.